The maximum Gasteiger partial charge on any atom is 0.242 e. The average molecular weight is 303 g/mol. The molecule has 1 aromatic rings. The molecule has 5 nitrogen and oxygen atoms in total. The van der Waals surface area contributed by atoms with Crippen LogP contribution in [0, 0.1) is 6.92 Å². The number of hydrogen-bond acceptors (Lipinski definition) is 4. The smallest absolute Gasteiger partial charge is 0.242 e. The summed E-state index contributed by atoms with van der Waals surface area (Å²) in [6.45, 7) is 3.49. The van der Waals surface area contributed by atoms with Crippen molar-refractivity contribution in [2.45, 2.75) is 25.0 Å². The summed E-state index contributed by atoms with van der Waals surface area (Å²) < 4.78 is 0. The van der Waals surface area contributed by atoms with Crippen LogP contribution in [0.2, 0.25) is 0 Å². The molecule has 2 aliphatic rings. The number of amidine groups is 1. The zero-order valence-corrected chi connectivity index (χ0v) is 12.7. The summed E-state index contributed by atoms with van der Waals surface area (Å²) in [7, 11) is 0. The predicted octanol–water partition coefficient (Wildman–Crippen LogP) is 2.03. The number of amides is 2. The van der Waals surface area contributed by atoms with Gasteiger partial charge >= 0.3 is 0 Å². The number of benzene rings is 1. The lowest BCUT2D eigenvalue weighted by atomic mass is 10.2. The summed E-state index contributed by atoms with van der Waals surface area (Å²) >= 11 is 1.41. The quantitative estimate of drug-likeness (QED) is 0.929. The summed E-state index contributed by atoms with van der Waals surface area (Å²) in [5.74, 6) is -0.123. The molecule has 110 valence electrons. The molecule has 0 spiro atoms. The van der Waals surface area contributed by atoms with Crippen LogP contribution in [0.5, 0.6) is 0 Å². The highest BCUT2D eigenvalue weighted by Crippen LogP contribution is 2.31. The second-order valence-electron chi connectivity index (χ2n) is 5.23. The molecular weight excluding hydrogens is 286 g/mol. The molecule has 0 radical (unpaired) electrons. The molecule has 1 atom stereocenters. The Bertz CT molecular complexity index is 597. The van der Waals surface area contributed by atoms with Crippen molar-refractivity contribution in [1.82, 2.24) is 4.90 Å². The minimum absolute atomic E-state index is 0.0116. The third-order valence-corrected chi connectivity index (χ3v) is 4.73. The van der Waals surface area contributed by atoms with E-state index >= 15 is 0 Å². The largest absolute Gasteiger partial charge is 0.326 e. The van der Waals surface area contributed by atoms with Crippen molar-refractivity contribution < 1.29 is 9.59 Å². The SMILES string of the molecule is Cc1ccc(NC(=O)CC2SC3=NCCCN3C2=O)cc1. The van der Waals surface area contributed by atoms with Gasteiger partial charge in [0.1, 0.15) is 5.25 Å². The highest BCUT2D eigenvalue weighted by Gasteiger charge is 2.39. The standard InChI is InChI=1S/C15H17N3O2S/c1-10-3-5-11(6-4-10)17-13(19)9-12-14(20)18-8-2-7-16-15(18)21-12/h3-6,12H,2,7-9H2,1H3,(H,17,19). The van der Waals surface area contributed by atoms with Gasteiger partial charge in [-0.05, 0) is 25.5 Å². The lowest BCUT2D eigenvalue weighted by molar-refractivity contribution is -0.128. The van der Waals surface area contributed by atoms with Gasteiger partial charge in [0.25, 0.3) is 0 Å². The van der Waals surface area contributed by atoms with E-state index in [0.29, 0.717) is 0 Å². The van der Waals surface area contributed by atoms with E-state index in [2.05, 4.69) is 10.3 Å². The Labute approximate surface area is 127 Å². The van der Waals surface area contributed by atoms with Gasteiger partial charge in [0.05, 0.1) is 0 Å². The van der Waals surface area contributed by atoms with Crippen LogP contribution in [-0.4, -0.2) is 40.2 Å². The second kappa shape index (κ2) is 5.89. The van der Waals surface area contributed by atoms with Gasteiger partial charge in [0, 0.05) is 25.2 Å². The normalized spacial score (nSPS) is 21.0. The average Bonchev–Trinajstić information content (AvgIpc) is 2.78. The number of thioether (sulfide) groups is 1. The van der Waals surface area contributed by atoms with Crippen LogP contribution < -0.4 is 5.32 Å². The molecule has 2 heterocycles. The molecule has 21 heavy (non-hydrogen) atoms. The number of anilines is 1. The Morgan fingerprint density at radius 1 is 1.43 bits per heavy atom. The van der Waals surface area contributed by atoms with E-state index in [1.165, 1.54) is 11.8 Å². The van der Waals surface area contributed by atoms with Gasteiger partial charge in [-0.2, -0.15) is 0 Å². The van der Waals surface area contributed by atoms with Crippen molar-refractivity contribution in [2.75, 3.05) is 18.4 Å². The number of carbonyl (C=O) groups excluding carboxylic acids is 2. The van der Waals surface area contributed by atoms with E-state index in [4.69, 9.17) is 0 Å². The third kappa shape index (κ3) is 3.10. The second-order valence-corrected chi connectivity index (χ2v) is 6.40. The van der Waals surface area contributed by atoms with Crippen LogP contribution in [0.4, 0.5) is 5.69 Å². The van der Waals surface area contributed by atoms with Gasteiger partial charge in [0.15, 0.2) is 5.17 Å². The molecule has 0 aliphatic carbocycles. The number of nitrogens with one attached hydrogen (secondary N) is 1. The van der Waals surface area contributed by atoms with Gasteiger partial charge < -0.3 is 5.32 Å². The van der Waals surface area contributed by atoms with Crippen LogP contribution in [-0.2, 0) is 9.59 Å². The van der Waals surface area contributed by atoms with Gasteiger partial charge in [0.2, 0.25) is 11.8 Å². The number of nitrogens with zero attached hydrogens (tertiary/aromatic N) is 2. The molecule has 1 saturated heterocycles. The van der Waals surface area contributed by atoms with E-state index in [1.807, 2.05) is 31.2 Å². The molecule has 1 unspecified atom stereocenters. The summed E-state index contributed by atoms with van der Waals surface area (Å²) in [6.07, 6.45) is 1.09. The number of carbonyl (C=O) groups is 2. The van der Waals surface area contributed by atoms with Crippen molar-refractivity contribution in [1.29, 1.82) is 0 Å². The first-order chi connectivity index (χ1) is 10.1. The van der Waals surface area contributed by atoms with Crippen LogP contribution in [0.15, 0.2) is 29.3 Å². The lowest BCUT2D eigenvalue weighted by Crippen LogP contribution is -2.36. The predicted molar refractivity (Wildman–Crippen MR) is 84.4 cm³/mol. The number of hydrogen-bond donors (Lipinski definition) is 1. The Balaban J connectivity index is 1.60. The number of aryl methyl sites for hydroxylation is 1. The number of rotatable bonds is 3. The summed E-state index contributed by atoms with van der Waals surface area (Å²) in [6, 6.07) is 7.62. The van der Waals surface area contributed by atoms with Crippen molar-refractivity contribution in [2.24, 2.45) is 4.99 Å². The highest BCUT2D eigenvalue weighted by molar-refractivity contribution is 8.15. The summed E-state index contributed by atoms with van der Waals surface area (Å²) in [5.41, 5.74) is 1.90. The topological polar surface area (TPSA) is 61.8 Å². The molecule has 3 rings (SSSR count). The fraction of sp³-hybridized carbons (Fsp3) is 0.400. The van der Waals surface area contributed by atoms with Crippen molar-refractivity contribution in [3.63, 3.8) is 0 Å². The Kier molecular flexibility index (Phi) is 3.96. The fourth-order valence-electron chi connectivity index (χ4n) is 2.39. The fourth-order valence-corrected chi connectivity index (χ4v) is 3.58. The maximum absolute atomic E-state index is 12.2. The van der Waals surface area contributed by atoms with Gasteiger partial charge in [-0.25, -0.2) is 0 Å². The van der Waals surface area contributed by atoms with Crippen molar-refractivity contribution in [3.05, 3.63) is 29.8 Å². The van der Waals surface area contributed by atoms with Gasteiger partial charge in [-0.15, -0.1) is 0 Å². The molecule has 0 saturated carbocycles. The third-order valence-electron chi connectivity index (χ3n) is 3.51. The van der Waals surface area contributed by atoms with E-state index in [9.17, 15) is 9.59 Å². The van der Waals surface area contributed by atoms with E-state index in [0.717, 1.165) is 35.9 Å². The molecule has 0 bridgehead atoms. The van der Waals surface area contributed by atoms with Gasteiger partial charge in [-0.3, -0.25) is 19.5 Å². The van der Waals surface area contributed by atoms with Gasteiger partial charge in [-0.1, -0.05) is 29.5 Å². The molecule has 1 aromatic carbocycles. The van der Waals surface area contributed by atoms with Crippen LogP contribution in [0.3, 0.4) is 0 Å². The molecule has 1 fully saturated rings. The van der Waals surface area contributed by atoms with Crippen LogP contribution >= 0.6 is 11.8 Å². The summed E-state index contributed by atoms with van der Waals surface area (Å²) in [4.78, 5) is 30.3. The number of fused-ring (bicyclic) bond motifs is 1. The van der Waals surface area contributed by atoms with E-state index in [1.54, 1.807) is 4.90 Å². The first kappa shape index (κ1) is 14.1. The Morgan fingerprint density at radius 3 is 2.90 bits per heavy atom. The molecule has 0 aromatic heterocycles. The number of aliphatic imine (C=N–C) groups is 1. The molecule has 2 amide bonds. The maximum atomic E-state index is 12.2. The Morgan fingerprint density at radius 2 is 2.19 bits per heavy atom. The minimum Gasteiger partial charge on any atom is -0.326 e. The molecule has 2 aliphatic heterocycles. The Hall–Kier alpha value is -1.82. The first-order valence-electron chi connectivity index (χ1n) is 7.02. The minimum atomic E-state index is -0.340. The lowest BCUT2D eigenvalue weighted by Gasteiger charge is -2.19. The molecule has 6 heteroatoms. The zero-order chi connectivity index (χ0) is 14.8. The summed E-state index contributed by atoms with van der Waals surface area (Å²) in [5, 5.41) is 3.27. The van der Waals surface area contributed by atoms with Crippen molar-refractivity contribution >= 4 is 34.4 Å². The van der Waals surface area contributed by atoms with Crippen molar-refractivity contribution in [3.8, 4) is 0 Å². The van der Waals surface area contributed by atoms with E-state index < -0.39 is 0 Å². The van der Waals surface area contributed by atoms with Crippen LogP contribution in [0.1, 0.15) is 18.4 Å². The zero-order valence-electron chi connectivity index (χ0n) is 11.8. The van der Waals surface area contributed by atoms with E-state index in [-0.39, 0.29) is 23.5 Å². The monoisotopic (exact) mass is 303 g/mol. The molecular formula is C15H17N3O2S. The highest BCUT2D eigenvalue weighted by atomic mass is 32.2. The van der Waals surface area contributed by atoms with Crippen LogP contribution in [0.25, 0.3) is 0 Å². The first-order valence-corrected chi connectivity index (χ1v) is 7.90. The molecule has 1 N–H and O–H groups in total.